The number of nitrogens with zero attached hydrogens (tertiary/aromatic N) is 1. The summed E-state index contributed by atoms with van der Waals surface area (Å²) in [4.78, 5) is 2.49. The van der Waals surface area contributed by atoms with Crippen LogP contribution in [0.4, 0.5) is 0 Å². The minimum Gasteiger partial charge on any atom is -0.371 e. The van der Waals surface area contributed by atoms with Crippen molar-refractivity contribution in [2.45, 2.75) is 51.7 Å². The van der Waals surface area contributed by atoms with Crippen molar-refractivity contribution in [1.82, 2.24) is 4.90 Å². The van der Waals surface area contributed by atoms with Crippen molar-refractivity contribution in [2.75, 3.05) is 25.0 Å². The summed E-state index contributed by atoms with van der Waals surface area (Å²) >= 11 is 3.48. The fourth-order valence-corrected chi connectivity index (χ4v) is 2.41. The lowest BCUT2D eigenvalue weighted by Crippen LogP contribution is -2.34. The van der Waals surface area contributed by atoms with Crippen LogP contribution >= 0.6 is 15.9 Å². The van der Waals surface area contributed by atoms with Crippen LogP contribution in [0.5, 0.6) is 0 Å². The minimum atomic E-state index is 0.111. The highest BCUT2D eigenvalue weighted by molar-refractivity contribution is 9.09. The van der Waals surface area contributed by atoms with Gasteiger partial charge in [0.2, 0.25) is 0 Å². The van der Waals surface area contributed by atoms with Crippen LogP contribution in [0.1, 0.15) is 40.0 Å². The minimum absolute atomic E-state index is 0.111. The molecule has 0 aromatic rings. The maximum absolute atomic E-state index is 6.01. The van der Waals surface area contributed by atoms with Gasteiger partial charge in [-0.1, -0.05) is 22.9 Å². The highest BCUT2D eigenvalue weighted by Crippen LogP contribution is 2.29. The number of likely N-dealkylation sites (N-methyl/N-ethyl adjacent to an activating group) is 1. The smallest absolute Gasteiger partial charge is 0.0710 e. The Kier molecular flexibility index (Phi) is 5.58. The third-order valence-corrected chi connectivity index (χ3v) is 3.63. The van der Waals surface area contributed by atoms with Crippen LogP contribution in [-0.2, 0) is 4.74 Å². The topological polar surface area (TPSA) is 12.5 Å². The molecule has 1 heterocycles. The predicted octanol–water partition coefficient (Wildman–Crippen LogP) is 3.05. The molecule has 3 heteroatoms. The summed E-state index contributed by atoms with van der Waals surface area (Å²) in [5, 5.41) is 1.10. The van der Waals surface area contributed by atoms with Crippen molar-refractivity contribution in [3.8, 4) is 0 Å². The van der Waals surface area contributed by atoms with E-state index in [0.29, 0.717) is 6.10 Å². The number of halogens is 1. The van der Waals surface area contributed by atoms with E-state index in [4.69, 9.17) is 4.74 Å². The Bertz CT molecular complexity index is 184. The normalized spacial score (nSPS) is 25.0. The van der Waals surface area contributed by atoms with Crippen molar-refractivity contribution in [1.29, 1.82) is 0 Å². The summed E-state index contributed by atoms with van der Waals surface area (Å²) in [6.45, 7) is 10.0. The van der Waals surface area contributed by atoms with E-state index in [1.54, 1.807) is 0 Å². The van der Waals surface area contributed by atoms with E-state index in [-0.39, 0.29) is 5.60 Å². The van der Waals surface area contributed by atoms with Crippen LogP contribution in [-0.4, -0.2) is 41.6 Å². The Balaban J connectivity index is 2.27. The van der Waals surface area contributed by atoms with E-state index >= 15 is 0 Å². The van der Waals surface area contributed by atoms with Crippen LogP contribution in [0.3, 0.4) is 0 Å². The molecule has 15 heavy (non-hydrogen) atoms. The van der Waals surface area contributed by atoms with Crippen LogP contribution in [0.15, 0.2) is 0 Å². The first kappa shape index (κ1) is 13.5. The van der Waals surface area contributed by atoms with Gasteiger partial charge in [-0.05, 0) is 46.2 Å². The first-order valence-corrected chi connectivity index (χ1v) is 7.15. The number of hydrogen-bond donors (Lipinski definition) is 0. The van der Waals surface area contributed by atoms with Crippen LogP contribution in [0.2, 0.25) is 0 Å². The zero-order valence-corrected chi connectivity index (χ0v) is 11.8. The Hall–Kier alpha value is 0.400. The van der Waals surface area contributed by atoms with Crippen molar-refractivity contribution < 1.29 is 4.74 Å². The van der Waals surface area contributed by atoms with E-state index in [9.17, 15) is 0 Å². The second-order valence-corrected chi connectivity index (χ2v) is 5.77. The van der Waals surface area contributed by atoms with Gasteiger partial charge in [0.15, 0.2) is 0 Å². The summed E-state index contributed by atoms with van der Waals surface area (Å²) in [7, 11) is 0. The van der Waals surface area contributed by atoms with Crippen LogP contribution in [0.25, 0.3) is 0 Å². The lowest BCUT2D eigenvalue weighted by Gasteiger charge is -2.25. The second kappa shape index (κ2) is 6.21. The van der Waals surface area contributed by atoms with Crippen molar-refractivity contribution in [2.24, 2.45) is 0 Å². The molecular weight excluding hydrogens is 254 g/mol. The summed E-state index contributed by atoms with van der Waals surface area (Å²) < 4.78 is 6.01. The molecule has 90 valence electrons. The lowest BCUT2D eigenvalue weighted by molar-refractivity contribution is -0.0280. The molecule has 0 spiro atoms. The summed E-state index contributed by atoms with van der Waals surface area (Å²) in [6, 6.07) is 0. The molecule has 0 saturated carbocycles. The highest BCUT2D eigenvalue weighted by Gasteiger charge is 2.32. The monoisotopic (exact) mass is 277 g/mol. The van der Waals surface area contributed by atoms with Gasteiger partial charge in [0, 0.05) is 11.9 Å². The lowest BCUT2D eigenvalue weighted by atomic mass is 10.1. The molecule has 1 aliphatic rings. The molecule has 1 fully saturated rings. The van der Waals surface area contributed by atoms with Crippen molar-refractivity contribution in [3.05, 3.63) is 0 Å². The predicted molar refractivity (Wildman–Crippen MR) is 68.7 cm³/mol. The summed E-state index contributed by atoms with van der Waals surface area (Å²) in [6.07, 6.45) is 4.10. The van der Waals surface area contributed by atoms with Gasteiger partial charge in [0.1, 0.15) is 0 Å². The van der Waals surface area contributed by atoms with Crippen LogP contribution in [0, 0.1) is 0 Å². The Labute approximate surface area is 102 Å². The van der Waals surface area contributed by atoms with Crippen LogP contribution < -0.4 is 0 Å². The largest absolute Gasteiger partial charge is 0.371 e. The van der Waals surface area contributed by atoms with Crippen molar-refractivity contribution in [3.63, 3.8) is 0 Å². The van der Waals surface area contributed by atoms with Gasteiger partial charge in [-0.15, -0.1) is 0 Å². The summed E-state index contributed by atoms with van der Waals surface area (Å²) in [5.74, 6) is 0. The van der Waals surface area contributed by atoms with E-state index < -0.39 is 0 Å². The SMILES string of the molecule is CCN(CCCBr)CC1CCC(C)(C)O1. The fourth-order valence-electron chi connectivity index (χ4n) is 2.16. The molecule has 0 N–H and O–H groups in total. The Morgan fingerprint density at radius 3 is 2.67 bits per heavy atom. The molecule has 1 saturated heterocycles. The van der Waals surface area contributed by atoms with Gasteiger partial charge in [0.25, 0.3) is 0 Å². The maximum atomic E-state index is 6.01. The van der Waals surface area contributed by atoms with E-state index in [0.717, 1.165) is 18.4 Å². The van der Waals surface area contributed by atoms with Gasteiger partial charge >= 0.3 is 0 Å². The third kappa shape index (κ3) is 4.83. The first-order valence-electron chi connectivity index (χ1n) is 6.03. The molecule has 0 bridgehead atoms. The maximum Gasteiger partial charge on any atom is 0.0710 e. The number of rotatable bonds is 6. The van der Waals surface area contributed by atoms with Gasteiger partial charge < -0.3 is 9.64 Å². The standard InChI is InChI=1S/C12H24BrNO/c1-4-14(9-5-8-13)10-11-6-7-12(2,3)15-11/h11H,4-10H2,1-3H3. The average Bonchev–Trinajstić information content (AvgIpc) is 2.52. The number of alkyl halides is 1. The van der Waals surface area contributed by atoms with Gasteiger partial charge in [-0.2, -0.15) is 0 Å². The van der Waals surface area contributed by atoms with E-state index in [2.05, 4.69) is 41.6 Å². The van der Waals surface area contributed by atoms with Gasteiger partial charge in [0.05, 0.1) is 11.7 Å². The number of hydrogen-bond acceptors (Lipinski definition) is 2. The molecule has 0 radical (unpaired) electrons. The highest BCUT2D eigenvalue weighted by atomic mass is 79.9. The van der Waals surface area contributed by atoms with E-state index in [1.807, 2.05) is 0 Å². The second-order valence-electron chi connectivity index (χ2n) is 4.97. The molecular formula is C12H24BrNO. The molecule has 1 unspecified atom stereocenters. The zero-order chi connectivity index (χ0) is 11.3. The third-order valence-electron chi connectivity index (χ3n) is 3.07. The molecule has 1 atom stereocenters. The van der Waals surface area contributed by atoms with E-state index in [1.165, 1.54) is 25.8 Å². The molecule has 0 aromatic carbocycles. The molecule has 0 amide bonds. The van der Waals surface area contributed by atoms with Gasteiger partial charge in [-0.25, -0.2) is 0 Å². The van der Waals surface area contributed by atoms with Crippen molar-refractivity contribution >= 4 is 15.9 Å². The fraction of sp³-hybridized carbons (Fsp3) is 1.00. The first-order chi connectivity index (χ1) is 7.07. The molecule has 1 rings (SSSR count). The Morgan fingerprint density at radius 1 is 1.47 bits per heavy atom. The molecule has 0 aromatic heterocycles. The zero-order valence-electron chi connectivity index (χ0n) is 10.3. The number of ether oxygens (including phenoxy) is 1. The summed E-state index contributed by atoms with van der Waals surface area (Å²) in [5.41, 5.74) is 0.111. The molecule has 1 aliphatic heterocycles. The Morgan fingerprint density at radius 2 is 2.20 bits per heavy atom. The average molecular weight is 278 g/mol. The quantitative estimate of drug-likeness (QED) is 0.692. The molecule has 0 aliphatic carbocycles. The van der Waals surface area contributed by atoms with Gasteiger partial charge in [-0.3, -0.25) is 0 Å². The molecule has 2 nitrogen and oxygen atoms in total.